The normalized spacial score (nSPS) is 42.0. The van der Waals surface area contributed by atoms with E-state index in [4.69, 9.17) is 24.1 Å². The Kier molecular flexibility index (Phi) is 30.8. The molecular weight excluding hydrogens is 1430 g/mol. The van der Waals surface area contributed by atoms with E-state index in [0.717, 1.165) is 92.3 Å². The van der Waals surface area contributed by atoms with E-state index in [-0.39, 0.29) is 57.9 Å². The van der Waals surface area contributed by atoms with Crippen LogP contribution in [-0.4, -0.2) is 121 Å². The zero-order chi connectivity index (χ0) is 83.0. The molecule has 0 heterocycles. The Bertz CT molecular complexity index is 3130. The molecule has 12 aliphatic carbocycles. The second-order valence-electron chi connectivity index (χ2n) is 45.3. The van der Waals surface area contributed by atoms with Crippen molar-refractivity contribution < 1.29 is 62.4 Å². The third kappa shape index (κ3) is 19.5. The highest BCUT2D eigenvalue weighted by Crippen LogP contribution is 2.73. The molecule has 6 N–H and O–H groups in total. The summed E-state index contributed by atoms with van der Waals surface area (Å²) in [6, 6.07) is 0. The first kappa shape index (κ1) is 93.5. The molecule has 0 bridgehead atoms. The molecule has 15 nitrogen and oxygen atoms in total. The number of esters is 3. The van der Waals surface area contributed by atoms with Crippen molar-refractivity contribution in [1.82, 2.24) is 5.32 Å². The van der Waals surface area contributed by atoms with Crippen LogP contribution < -0.4 is 11.1 Å². The molecule has 12 rings (SSSR count). The summed E-state index contributed by atoms with van der Waals surface area (Å²) < 4.78 is 28.7. The van der Waals surface area contributed by atoms with Gasteiger partial charge in [-0.1, -0.05) is 131 Å². The van der Waals surface area contributed by atoms with E-state index in [2.05, 4.69) is 154 Å². The molecule has 0 aromatic carbocycles. The van der Waals surface area contributed by atoms with Crippen LogP contribution in [0.5, 0.6) is 0 Å². The first-order chi connectivity index (χ1) is 52.1. The number of nitrogens with one attached hydrogen (secondary N) is 1. The van der Waals surface area contributed by atoms with Gasteiger partial charge in [-0.05, 0) is 348 Å². The smallest absolute Gasteiger partial charge is 0.307 e. The number of aliphatic carboxylic acids is 1. The van der Waals surface area contributed by atoms with E-state index >= 15 is 0 Å². The number of aliphatic hydroxyl groups excluding tert-OH is 2. The van der Waals surface area contributed by atoms with Crippen LogP contribution in [0.1, 0.15) is 323 Å². The topological polar surface area (TPSA) is 230 Å². The number of carboxylic acid groups (broad SMARTS) is 1. The fourth-order valence-corrected chi connectivity index (χ4v) is 31.5. The minimum atomic E-state index is -1.89. The van der Waals surface area contributed by atoms with E-state index in [1.54, 1.807) is 0 Å². The summed E-state index contributed by atoms with van der Waals surface area (Å²) in [4.78, 5) is 57.0. The lowest BCUT2D eigenvalue weighted by Gasteiger charge is -2.64. The second-order valence-corrected chi connectivity index (χ2v) is 54.8. The molecule has 0 aromatic heterocycles. The molecule has 0 radical (unpaired) electrons. The van der Waals surface area contributed by atoms with Crippen molar-refractivity contribution in [2.75, 3.05) is 34.4 Å². The van der Waals surface area contributed by atoms with Gasteiger partial charge >= 0.3 is 23.9 Å². The minimum Gasteiger partial charge on any atom is -0.481 e. The lowest BCUT2D eigenvalue weighted by atomic mass is 9.43. The summed E-state index contributed by atoms with van der Waals surface area (Å²) in [5.41, 5.74) is 7.22. The van der Waals surface area contributed by atoms with Gasteiger partial charge in [-0.25, -0.2) is 0 Å². The van der Waals surface area contributed by atoms with Gasteiger partial charge in [-0.3, -0.25) is 24.0 Å². The van der Waals surface area contributed by atoms with Crippen molar-refractivity contribution in [2.24, 2.45) is 157 Å². The van der Waals surface area contributed by atoms with Gasteiger partial charge < -0.3 is 49.4 Å². The molecule has 6 unspecified atom stereocenters. The van der Waals surface area contributed by atoms with Crippen LogP contribution >= 0.6 is 0 Å². The quantitative estimate of drug-likeness (QED) is 0.0409. The van der Waals surface area contributed by atoms with Gasteiger partial charge in [0.15, 0.2) is 16.6 Å². The first-order valence-electron chi connectivity index (χ1n) is 46.3. The molecule has 1 amide bonds. The number of carboxylic acids is 1. The fourth-order valence-electron chi connectivity index (χ4n) is 28.8. The maximum absolute atomic E-state index is 12.6. The van der Waals surface area contributed by atoms with Gasteiger partial charge in [-0.15, -0.1) is 0 Å². The number of ether oxygens (including phenoxy) is 3. The number of carbonyl (C=O) groups is 5. The monoisotopic (exact) mass is 1600 g/mol. The van der Waals surface area contributed by atoms with Gasteiger partial charge in [0, 0.05) is 44.6 Å². The van der Waals surface area contributed by atoms with Crippen molar-refractivity contribution in [3.8, 4) is 0 Å². The molecule has 0 aliphatic heterocycles. The fraction of sp³-hybridized carbons (Fsp3) is 0.947. The molecule has 646 valence electrons. The van der Waals surface area contributed by atoms with Crippen molar-refractivity contribution >= 4 is 46.4 Å². The van der Waals surface area contributed by atoms with E-state index in [0.29, 0.717) is 149 Å². The van der Waals surface area contributed by atoms with Crippen molar-refractivity contribution in [2.45, 2.75) is 384 Å². The number of rotatable bonds is 21. The van der Waals surface area contributed by atoms with Gasteiger partial charge in [0.25, 0.3) is 0 Å². The molecule has 30 atom stereocenters. The molecule has 0 saturated heterocycles. The number of hydrogen-bond donors (Lipinski definition) is 5. The highest BCUT2D eigenvalue weighted by Gasteiger charge is 2.68. The lowest BCUT2D eigenvalue weighted by molar-refractivity contribution is -0.174. The highest BCUT2D eigenvalue weighted by atomic mass is 28.4. The number of nitrogens with two attached hydrogens (primary N) is 1. The van der Waals surface area contributed by atoms with E-state index in [9.17, 15) is 39.3 Å². The number of carbonyl (C=O) groups excluding carboxylic acids is 4. The van der Waals surface area contributed by atoms with Crippen LogP contribution in [0.4, 0.5) is 0 Å². The molecule has 0 spiro atoms. The number of hydrogen-bond acceptors (Lipinski definition) is 13. The third-order valence-corrected chi connectivity index (χ3v) is 46.4. The Labute approximate surface area is 685 Å². The summed E-state index contributed by atoms with van der Waals surface area (Å²) in [6.07, 6.45) is 35.4. The highest BCUT2D eigenvalue weighted by molar-refractivity contribution is 6.74. The SMILES string of the molecule is COC(=O)CCN.COC(=O)CCNC(=O)CC[C@@H](C)[C@H]1CCC2[C@H]3C(CC[C@@]21C)[C@@]1(C)CC[C@@H](C)C[C@H]1C[C@H]3O[Si](C)(C)C(C)(C)C.COC(=O)CC[C@@H](C)[C@H]1CCC2[C@H]3C(CC[C@@]21C)[C@@]1(C)CC[C@@H](O)C[C@H]1C[C@H]3O.C[C@@H]1CC[C@]2(C)C3CC[C@@]4(C)C(CC[C@@H]4[C@H](C)CCC(=O)O)[C@@H]3[C@H](O[Si](C)(C)C(C)(C)C)C[C@@H]2C1. The maximum atomic E-state index is 12.6. The van der Waals surface area contributed by atoms with Crippen LogP contribution in [-0.2, 0) is 47.0 Å². The molecule has 112 heavy (non-hydrogen) atoms. The summed E-state index contributed by atoms with van der Waals surface area (Å²) in [5.74, 6) is 12.2. The van der Waals surface area contributed by atoms with Crippen LogP contribution in [0.25, 0.3) is 0 Å². The van der Waals surface area contributed by atoms with Crippen molar-refractivity contribution in [3.05, 3.63) is 0 Å². The predicted octanol–water partition coefficient (Wildman–Crippen LogP) is 21.2. The molecular formula is C95H170N2O13Si2. The van der Waals surface area contributed by atoms with E-state index in [1.807, 2.05) is 0 Å². The minimum absolute atomic E-state index is 0.0600. The zero-order valence-corrected chi connectivity index (χ0v) is 77.9. The van der Waals surface area contributed by atoms with Crippen LogP contribution in [0.3, 0.4) is 0 Å². The Balaban J connectivity index is 0.000000187. The van der Waals surface area contributed by atoms with Gasteiger partial charge in [0.2, 0.25) is 5.91 Å². The first-order valence-corrected chi connectivity index (χ1v) is 52.1. The average Bonchev–Trinajstić information content (AvgIpc) is 1.36. The maximum Gasteiger partial charge on any atom is 0.307 e. The Morgan fingerprint density at radius 2 is 0.777 bits per heavy atom. The number of methoxy groups -OCH3 is 3. The van der Waals surface area contributed by atoms with Crippen molar-refractivity contribution in [3.63, 3.8) is 0 Å². The average molecular weight is 1600 g/mol. The summed E-state index contributed by atoms with van der Waals surface area (Å²) >= 11 is 0. The lowest BCUT2D eigenvalue weighted by Crippen LogP contribution is -2.60. The van der Waals surface area contributed by atoms with Crippen LogP contribution in [0, 0.1) is 151 Å². The Morgan fingerprint density at radius 1 is 0.438 bits per heavy atom. The zero-order valence-electron chi connectivity index (χ0n) is 75.9. The van der Waals surface area contributed by atoms with Gasteiger partial charge in [0.05, 0.1) is 46.4 Å². The molecule has 17 heteroatoms. The van der Waals surface area contributed by atoms with E-state index < -0.39 is 22.6 Å². The second kappa shape index (κ2) is 36.9. The Morgan fingerprint density at radius 3 is 1.16 bits per heavy atom. The number of aliphatic hydroxyl groups is 2. The number of amides is 1. The predicted molar refractivity (Wildman–Crippen MR) is 456 cm³/mol. The standard InChI is InChI=1S/C35H63NO4Si.C31H56O3Si.C25H42O4.C4H9NO2/c1-23-15-18-34(6)25(21-23)22-29(40-41(9,10)33(3,4)5)32-27-13-12-26(35(27,7)19-16-28(32)34)24(2)11-14-30(37)36-20-17-31(38)39-8;1-20-14-16-30(6)22(18-20)19-26(34-35(8,9)29(3,4)5)28-24-12-11-23(21(2)10-13-27(32)33)31(24,7)17-15-25(28)30;1-15(5-8-22(28)29-4)18-6-7-19-23-20(10-12-25(18,19)3)24(2)11-9-17(26)13-16(24)14-21(23)27;1-7-4(6)2-3-5/h23-29,32H,11-22H2,1-10H3,(H,36,37);20-26,28H,10-19H2,1-9H3,(H,32,33);15-21,23,26-27H,5-14H2,1-4H3;2-3,5H2,1H3/t23-,24-,25+,26-,27?,28?,29-,32+,34+,35-;20-,21-,22+,23-,24?,25?,26-,28+,30+,31-;15-,16+,17-,18-,19?,20?,21-,23+,24+,25-;/m111./s1. The largest absolute Gasteiger partial charge is 0.481 e. The molecule has 12 saturated carbocycles. The Hall–Kier alpha value is -2.42. The number of fused-ring (bicyclic) bond motifs is 15. The summed E-state index contributed by atoms with van der Waals surface area (Å²) in [7, 11) is 0.451. The molecule has 12 fully saturated rings. The summed E-state index contributed by atoms with van der Waals surface area (Å²) in [5, 5.41) is 34.2. The molecule has 0 aromatic rings. The molecule has 12 aliphatic rings. The van der Waals surface area contributed by atoms with E-state index in [1.165, 1.54) is 150 Å². The van der Waals surface area contributed by atoms with Crippen LogP contribution in [0.2, 0.25) is 36.3 Å². The summed E-state index contributed by atoms with van der Waals surface area (Å²) in [6.45, 7) is 52.6. The third-order valence-electron chi connectivity index (χ3n) is 37.4. The van der Waals surface area contributed by atoms with Crippen LogP contribution in [0.15, 0.2) is 0 Å². The van der Waals surface area contributed by atoms with Crippen molar-refractivity contribution in [1.29, 1.82) is 0 Å². The van der Waals surface area contributed by atoms with Gasteiger partial charge in [-0.2, -0.15) is 0 Å². The van der Waals surface area contributed by atoms with Gasteiger partial charge in [0.1, 0.15) is 0 Å².